The molecule has 0 atom stereocenters. The van der Waals surface area contributed by atoms with Crippen molar-refractivity contribution >= 4 is 32.9 Å². The van der Waals surface area contributed by atoms with Crippen LogP contribution >= 0.6 is 11.3 Å². The largest absolute Gasteiger partial charge is 0.507 e. The maximum Gasteiger partial charge on any atom is 0.155 e. The second-order valence-electron chi connectivity index (χ2n) is 5.34. The molecule has 5 nitrogen and oxygen atoms in total. The van der Waals surface area contributed by atoms with E-state index in [2.05, 4.69) is 10.2 Å². The molecular formula is C17H19N3O2S. The lowest BCUT2D eigenvalue weighted by molar-refractivity contribution is 0.277. The molecule has 120 valence electrons. The maximum absolute atomic E-state index is 10.2. The highest BCUT2D eigenvalue weighted by molar-refractivity contribution is 7.19. The monoisotopic (exact) mass is 329 g/mol. The van der Waals surface area contributed by atoms with Crippen LogP contribution in [-0.2, 0) is 13.0 Å². The van der Waals surface area contributed by atoms with Crippen LogP contribution in [0.2, 0.25) is 0 Å². The van der Waals surface area contributed by atoms with Crippen molar-refractivity contribution in [1.82, 2.24) is 4.57 Å². The minimum absolute atomic E-state index is 0.0605. The summed E-state index contributed by atoms with van der Waals surface area (Å²) >= 11 is 1.61. The number of benzene rings is 1. The van der Waals surface area contributed by atoms with Gasteiger partial charge in [0.05, 0.1) is 11.3 Å². The van der Waals surface area contributed by atoms with Gasteiger partial charge in [-0.25, -0.2) is 0 Å². The summed E-state index contributed by atoms with van der Waals surface area (Å²) in [6.07, 6.45) is 2.64. The average molecular weight is 329 g/mol. The molecule has 2 aromatic heterocycles. The summed E-state index contributed by atoms with van der Waals surface area (Å²) in [4.78, 5) is 1.13. The van der Waals surface area contributed by atoms with Crippen LogP contribution in [0.15, 0.2) is 40.7 Å². The molecule has 0 aliphatic carbocycles. The summed E-state index contributed by atoms with van der Waals surface area (Å²) in [5, 5.41) is 28.9. The molecule has 0 fully saturated rings. The molecule has 3 rings (SSSR count). The Bertz CT molecular complexity index is 864. The molecule has 0 aliphatic heterocycles. The molecule has 1 aromatic carbocycles. The van der Waals surface area contributed by atoms with Crippen molar-refractivity contribution in [3.63, 3.8) is 0 Å². The van der Waals surface area contributed by atoms with Gasteiger partial charge in [-0.1, -0.05) is 6.92 Å². The number of hydrogen-bond acceptors (Lipinski definition) is 5. The lowest BCUT2D eigenvalue weighted by atomic mass is 10.1. The zero-order valence-electron chi connectivity index (χ0n) is 13.2. The van der Waals surface area contributed by atoms with Gasteiger partial charge in [-0.3, -0.25) is 0 Å². The van der Waals surface area contributed by atoms with Gasteiger partial charge in [-0.2, -0.15) is 0 Å². The number of aliphatic hydroxyl groups is 1. The van der Waals surface area contributed by atoms with Crippen molar-refractivity contribution in [2.45, 2.75) is 26.8 Å². The molecule has 6 heteroatoms. The summed E-state index contributed by atoms with van der Waals surface area (Å²) in [5.74, 6) is 0.999. The van der Waals surface area contributed by atoms with Gasteiger partial charge < -0.3 is 14.8 Å². The van der Waals surface area contributed by atoms with E-state index in [1.165, 1.54) is 0 Å². The number of fused-ring (bicyclic) bond motifs is 1. The third-order valence-corrected chi connectivity index (χ3v) is 4.80. The fourth-order valence-electron chi connectivity index (χ4n) is 2.61. The van der Waals surface area contributed by atoms with Gasteiger partial charge in [0.25, 0.3) is 0 Å². The molecule has 0 amide bonds. The molecule has 0 radical (unpaired) electrons. The molecule has 23 heavy (non-hydrogen) atoms. The van der Waals surface area contributed by atoms with Gasteiger partial charge in [-0.15, -0.1) is 21.6 Å². The third-order valence-electron chi connectivity index (χ3n) is 3.74. The molecule has 0 unspecified atom stereocenters. The van der Waals surface area contributed by atoms with Gasteiger partial charge in [0, 0.05) is 23.0 Å². The number of aromatic nitrogens is 1. The Hall–Kier alpha value is -2.18. The maximum atomic E-state index is 10.2. The Morgan fingerprint density at radius 2 is 2.09 bits per heavy atom. The van der Waals surface area contributed by atoms with E-state index in [-0.39, 0.29) is 6.61 Å². The van der Waals surface area contributed by atoms with Crippen LogP contribution in [0, 0.1) is 6.92 Å². The highest BCUT2D eigenvalue weighted by atomic mass is 32.1. The Balaban J connectivity index is 2.09. The molecule has 0 saturated carbocycles. The average Bonchev–Trinajstić information content (AvgIpc) is 3.13. The van der Waals surface area contributed by atoms with E-state index in [0.29, 0.717) is 18.1 Å². The van der Waals surface area contributed by atoms with E-state index in [0.717, 1.165) is 32.6 Å². The van der Waals surface area contributed by atoms with Crippen molar-refractivity contribution in [2.24, 2.45) is 10.2 Å². The van der Waals surface area contributed by atoms with Gasteiger partial charge in [-0.05, 0) is 43.2 Å². The topological polar surface area (TPSA) is 70.1 Å². The van der Waals surface area contributed by atoms with Crippen LogP contribution in [0.3, 0.4) is 0 Å². The zero-order chi connectivity index (χ0) is 16.4. The van der Waals surface area contributed by atoms with Crippen LogP contribution in [0.1, 0.15) is 17.4 Å². The van der Waals surface area contributed by atoms with E-state index in [1.807, 2.05) is 42.8 Å². The first-order valence-electron chi connectivity index (χ1n) is 7.56. The van der Waals surface area contributed by atoms with Crippen LogP contribution in [0.4, 0.5) is 11.5 Å². The van der Waals surface area contributed by atoms with E-state index in [4.69, 9.17) is 5.11 Å². The molecule has 0 saturated heterocycles. The summed E-state index contributed by atoms with van der Waals surface area (Å²) in [6, 6.07) is 7.49. The van der Waals surface area contributed by atoms with Crippen LogP contribution < -0.4 is 0 Å². The second-order valence-corrected chi connectivity index (χ2v) is 6.60. The fraction of sp³-hybridized carbons (Fsp3) is 0.294. The Kier molecular flexibility index (Phi) is 4.45. The smallest absolute Gasteiger partial charge is 0.155 e. The van der Waals surface area contributed by atoms with Crippen molar-refractivity contribution < 1.29 is 10.2 Å². The number of nitrogens with zero attached hydrogens (tertiary/aromatic N) is 3. The van der Waals surface area contributed by atoms with Crippen molar-refractivity contribution in [3.05, 3.63) is 40.9 Å². The SMILES string of the molecule is CCc1cc(O)c2cc(C)sc2c1/N=N/c1cccn1CCO. The van der Waals surface area contributed by atoms with Crippen LogP contribution in [-0.4, -0.2) is 21.4 Å². The lowest BCUT2D eigenvalue weighted by Gasteiger charge is -2.06. The number of azo groups is 1. The number of phenolic OH excluding ortho intramolecular Hbond substituents is 1. The molecule has 2 N–H and O–H groups in total. The first-order chi connectivity index (χ1) is 11.1. The van der Waals surface area contributed by atoms with E-state index in [9.17, 15) is 5.11 Å². The van der Waals surface area contributed by atoms with Crippen molar-refractivity contribution in [1.29, 1.82) is 0 Å². The summed E-state index contributed by atoms with van der Waals surface area (Å²) in [5.41, 5.74) is 1.79. The molecule has 2 heterocycles. The number of aryl methyl sites for hydroxylation is 2. The van der Waals surface area contributed by atoms with Gasteiger partial charge >= 0.3 is 0 Å². The number of aromatic hydroxyl groups is 1. The number of hydrogen-bond donors (Lipinski definition) is 2. The molecular weight excluding hydrogens is 310 g/mol. The van der Waals surface area contributed by atoms with Crippen LogP contribution in [0.25, 0.3) is 10.1 Å². The molecule has 0 bridgehead atoms. The summed E-state index contributed by atoms with van der Waals surface area (Å²) in [6.45, 7) is 4.60. The Morgan fingerprint density at radius 1 is 1.26 bits per heavy atom. The van der Waals surface area contributed by atoms with Crippen molar-refractivity contribution in [3.8, 4) is 5.75 Å². The number of thiophene rings is 1. The number of rotatable bonds is 5. The second kappa shape index (κ2) is 6.52. The van der Waals surface area contributed by atoms with Gasteiger partial charge in [0.2, 0.25) is 0 Å². The number of phenols is 1. The predicted molar refractivity (Wildman–Crippen MR) is 93.3 cm³/mol. The van der Waals surface area contributed by atoms with E-state index < -0.39 is 0 Å². The van der Waals surface area contributed by atoms with E-state index in [1.54, 1.807) is 17.4 Å². The number of aliphatic hydroxyl groups excluding tert-OH is 1. The summed E-state index contributed by atoms with van der Waals surface area (Å²) < 4.78 is 2.82. The molecule has 0 aliphatic rings. The zero-order valence-corrected chi connectivity index (χ0v) is 14.0. The van der Waals surface area contributed by atoms with Gasteiger partial charge in [0.15, 0.2) is 5.82 Å². The quantitative estimate of drug-likeness (QED) is 0.667. The normalized spacial score (nSPS) is 11.8. The fourth-order valence-corrected chi connectivity index (χ4v) is 3.65. The van der Waals surface area contributed by atoms with E-state index >= 15 is 0 Å². The molecule has 0 spiro atoms. The minimum atomic E-state index is 0.0605. The molecule has 3 aromatic rings. The summed E-state index contributed by atoms with van der Waals surface area (Å²) in [7, 11) is 0. The van der Waals surface area contributed by atoms with Crippen LogP contribution in [0.5, 0.6) is 5.75 Å². The van der Waals surface area contributed by atoms with Gasteiger partial charge in [0.1, 0.15) is 11.4 Å². The predicted octanol–water partition coefficient (Wildman–Crippen LogP) is 4.69. The Morgan fingerprint density at radius 3 is 2.83 bits per heavy atom. The highest BCUT2D eigenvalue weighted by Gasteiger charge is 2.13. The minimum Gasteiger partial charge on any atom is -0.507 e. The first kappa shape index (κ1) is 15.7. The third kappa shape index (κ3) is 3.00. The lowest BCUT2D eigenvalue weighted by Crippen LogP contribution is -1.98. The first-order valence-corrected chi connectivity index (χ1v) is 8.38. The Labute approximate surface area is 138 Å². The highest BCUT2D eigenvalue weighted by Crippen LogP contribution is 2.42. The standard InChI is InChI=1S/C17H19N3O2S/c1-3-12-10-14(22)13-9-11(2)23-17(13)16(12)19-18-15-5-4-6-20(15)7-8-21/h4-6,9-10,21-22H,3,7-8H2,1-2H3/b19-18+. The van der Waals surface area contributed by atoms with Crippen molar-refractivity contribution in [2.75, 3.05) is 6.61 Å².